The smallest absolute Gasteiger partial charge is 0.138 e. The Kier molecular flexibility index (Phi) is 10.3. The van der Waals surface area contributed by atoms with Gasteiger partial charge in [-0.1, -0.05) is 6.58 Å². The summed E-state index contributed by atoms with van der Waals surface area (Å²) in [5.74, 6) is 0.0148. The summed E-state index contributed by atoms with van der Waals surface area (Å²) in [6, 6.07) is 11.0. The Morgan fingerprint density at radius 3 is 2.56 bits per heavy atom. The predicted molar refractivity (Wildman–Crippen MR) is 146 cm³/mol. The molecule has 36 heavy (non-hydrogen) atoms. The van der Waals surface area contributed by atoms with Crippen molar-refractivity contribution in [3.63, 3.8) is 0 Å². The zero-order valence-corrected chi connectivity index (χ0v) is 21.9. The standard InChI is InChI=1S/C28H39FN4O3/c1-6-30-26-20-24(36-18-15-33-13-16-35-17-14-33)19-25(29)27(26)21(2)32-23-9-7-22(8-10-23)31-12-11-28(3,4)34-5/h6-10,19-20,31-32H,2,11-18H2,1,3-5H3. The topological polar surface area (TPSA) is 67.3 Å². The Bertz CT molecular complexity index is 1020. The number of aliphatic imine (C=N–C) groups is 1. The molecule has 1 aliphatic heterocycles. The third kappa shape index (κ3) is 8.33. The zero-order valence-electron chi connectivity index (χ0n) is 21.9. The van der Waals surface area contributed by atoms with Crippen molar-refractivity contribution in [1.82, 2.24) is 4.90 Å². The number of methoxy groups -OCH3 is 1. The highest BCUT2D eigenvalue weighted by molar-refractivity contribution is 5.83. The van der Waals surface area contributed by atoms with E-state index in [0.717, 1.165) is 57.2 Å². The molecule has 0 aromatic heterocycles. The van der Waals surface area contributed by atoms with Gasteiger partial charge in [-0.15, -0.1) is 0 Å². The normalized spacial score (nSPS) is 14.7. The van der Waals surface area contributed by atoms with Crippen molar-refractivity contribution >= 4 is 29.0 Å². The largest absolute Gasteiger partial charge is 0.492 e. The second-order valence-corrected chi connectivity index (χ2v) is 9.31. The van der Waals surface area contributed by atoms with Crippen LogP contribution in [0.15, 0.2) is 48.0 Å². The molecule has 0 unspecified atom stereocenters. The van der Waals surface area contributed by atoms with Gasteiger partial charge in [0.15, 0.2) is 0 Å². The number of nitrogens with zero attached hydrogens (tertiary/aromatic N) is 2. The Morgan fingerprint density at radius 1 is 1.19 bits per heavy atom. The molecule has 1 saturated heterocycles. The van der Waals surface area contributed by atoms with Gasteiger partial charge in [0.2, 0.25) is 0 Å². The number of hydrogen-bond donors (Lipinski definition) is 2. The molecule has 1 fully saturated rings. The Morgan fingerprint density at radius 2 is 1.89 bits per heavy atom. The van der Waals surface area contributed by atoms with E-state index in [1.807, 2.05) is 24.3 Å². The second kappa shape index (κ2) is 13.4. The molecule has 0 bridgehead atoms. The van der Waals surface area contributed by atoms with Crippen molar-refractivity contribution in [1.29, 1.82) is 0 Å². The summed E-state index contributed by atoms with van der Waals surface area (Å²) in [5, 5.41) is 6.60. The molecule has 2 aromatic rings. The fourth-order valence-corrected chi connectivity index (χ4v) is 3.83. The highest BCUT2D eigenvalue weighted by atomic mass is 19.1. The molecule has 8 heteroatoms. The predicted octanol–water partition coefficient (Wildman–Crippen LogP) is 5.57. The number of halogens is 1. The van der Waals surface area contributed by atoms with Gasteiger partial charge in [0.25, 0.3) is 0 Å². The van der Waals surface area contributed by atoms with Crippen LogP contribution >= 0.6 is 0 Å². The van der Waals surface area contributed by atoms with Crippen LogP contribution in [0.2, 0.25) is 0 Å². The Balaban J connectivity index is 1.61. The van der Waals surface area contributed by atoms with Crippen LogP contribution in [0.25, 0.3) is 5.70 Å². The van der Waals surface area contributed by atoms with Gasteiger partial charge in [0, 0.05) is 68.7 Å². The SMILES string of the molecule is C=C(Nc1ccc(NCCC(C)(C)OC)cc1)c1c(F)cc(OCCN2CCOCC2)cc1N=CC. The van der Waals surface area contributed by atoms with Crippen LogP contribution in [0.4, 0.5) is 21.5 Å². The van der Waals surface area contributed by atoms with E-state index in [1.165, 1.54) is 6.07 Å². The highest BCUT2D eigenvalue weighted by Gasteiger charge is 2.17. The highest BCUT2D eigenvalue weighted by Crippen LogP contribution is 2.33. The van der Waals surface area contributed by atoms with Crippen molar-refractivity contribution in [3.05, 3.63) is 54.4 Å². The van der Waals surface area contributed by atoms with E-state index in [-0.39, 0.29) is 5.60 Å². The Hall–Kier alpha value is -2.94. The first-order valence-corrected chi connectivity index (χ1v) is 12.4. The van der Waals surface area contributed by atoms with Crippen LogP contribution in [0.1, 0.15) is 32.8 Å². The monoisotopic (exact) mass is 498 g/mol. The molecule has 0 saturated carbocycles. The van der Waals surface area contributed by atoms with E-state index in [2.05, 4.69) is 41.0 Å². The van der Waals surface area contributed by atoms with Gasteiger partial charge in [0.1, 0.15) is 18.2 Å². The summed E-state index contributed by atoms with van der Waals surface area (Å²) in [6.07, 6.45) is 2.52. The molecule has 0 radical (unpaired) electrons. The summed E-state index contributed by atoms with van der Waals surface area (Å²) in [6.45, 7) is 15.3. The number of benzene rings is 2. The molecular weight excluding hydrogens is 459 g/mol. The molecule has 2 aromatic carbocycles. The van der Waals surface area contributed by atoms with Gasteiger partial charge in [-0.25, -0.2) is 4.39 Å². The first-order chi connectivity index (χ1) is 17.3. The average molecular weight is 499 g/mol. The van der Waals surface area contributed by atoms with E-state index in [4.69, 9.17) is 14.2 Å². The van der Waals surface area contributed by atoms with Crippen molar-refractivity contribution in [2.75, 3.05) is 63.7 Å². The molecule has 0 atom stereocenters. The minimum absolute atomic E-state index is 0.168. The number of morpholine rings is 1. The van der Waals surface area contributed by atoms with Crippen molar-refractivity contribution in [2.45, 2.75) is 32.8 Å². The molecule has 2 N–H and O–H groups in total. The fourth-order valence-electron chi connectivity index (χ4n) is 3.83. The maximum absolute atomic E-state index is 15.2. The van der Waals surface area contributed by atoms with Crippen LogP contribution in [0, 0.1) is 5.82 Å². The third-order valence-electron chi connectivity index (χ3n) is 6.18. The van der Waals surface area contributed by atoms with Gasteiger partial charge < -0.3 is 24.8 Å². The van der Waals surface area contributed by atoms with E-state index in [1.54, 1.807) is 26.3 Å². The minimum Gasteiger partial charge on any atom is -0.492 e. The maximum Gasteiger partial charge on any atom is 0.138 e. The van der Waals surface area contributed by atoms with Crippen LogP contribution in [0.5, 0.6) is 5.75 Å². The first kappa shape index (κ1) is 27.6. The summed E-state index contributed by atoms with van der Waals surface area (Å²) in [7, 11) is 1.72. The van der Waals surface area contributed by atoms with Crippen molar-refractivity contribution < 1.29 is 18.6 Å². The van der Waals surface area contributed by atoms with Gasteiger partial charge in [-0.3, -0.25) is 9.89 Å². The van der Waals surface area contributed by atoms with Crippen molar-refractivity contribution in [3.8, 4) is 5.75 Å². The number of nitrogens with one attached hydrogen (secondary N) is 2. The number of hydrogen-bond acceptors (Lipinski definition) is 7. The molecule has 0 spiro atoms. The lowest BCUT2D eigenvalue weighted by atomic mass is 10.1. The summed E-state index contributed by atoms with van der Waals surface area (Å²) in [5.41, 5.74) is 2.85. The van der Waals surface area contributed by atoms with Crippen LogP contribution in [0.3, 0.4) is 0 Å². The number of ether oxygens (including phenoxy) is 3. The van der Waals surface area contributed by atoms with Gasteiger partial charge in [0.05, 0.1) is 30.1 Å². The van der Waals surface area contributed by atoms with E-state index < -0.39 is 5.82 Å². The third-order valence-corrected chi connectivity index (χ3v) is 6.18. The fraction of sp³-hybridized carbons (Fsp3) is 0.464. The lowest BCUT2D eigenvalue weighted by Crippen LogP contribution is -2.38. The zero-order chi connectivity index (χ0) is 26.0. The molecule has 1 aliphatic rings. The molecule has 7 nitrogen and oxygen atoms in total. The van der Waals surface area contributed by atoms with E-state index in [9.17, 15) is 0 Å². The summed E-state index contributed by atoms with van der Waals surface area (Å²) < 4.78 is 31.9. The first-order valence-electron chi connectivity index (χ1n) is 12.4. The van der Waals surface area contributed by atoms with Gasteiger partial charge in [-0.05, 0) is 51.5 Å². The Labute approximate surface area is 214 Å². The number of anilines is 2. The minimum atomic E-state index is -0.434. The van der Waals surface area contributed by atoms with Gasteiger partial charge >= 0.3 is 0 Å². The molecule has 196 valence electrons. The van der Waals surface area contributed by atoms with Gasteiger partial charge in [-0.2, -0.15) is 0 Å². The molecule has 0 aliphatic carbocycles. The lowest BCUT2D eigenvalue weighted by molar-refractivity contribution is 0.0185. The van der Waals surface area contributed by atoms with Crippen LogP contribution in [-0.2, 0) is 9.47 Å². The summed E-state index contributed by atoms with van der Waals surface area (Å²) in [4.78, 5) is 6.64. The maximum atomic E-state index is 15.2. The van der Waals surface area contributed by atoms with Crippen LogP contribution < -0.4 is 15.4 Å². The number of rotatable bonds is 13. The lowest BCUT2D eigenvalue weighted by Gasteiger charge is -2.26. The molecular formula is C28H39FN4O3. The average Bonchev–Trinajstić information content (AvgIpc) is 2.86. The second-order valence-electron chi connectivity index (χ2n) is 9.31. The van der Waals surface area contributed by atoms with Crippen molar-refractivity contribution in [2.24, 2.45) is 4.99 Å². The van der Waals surface area contributed by atoms with E-state index in [0.29, 0.717) is 29.3 Å². The van der Waals surface area contributed by atoms with E-state index >= 15 is 4.39 Å². The molecule has 3 rings (SSSR count). The quantitative estimate of drug-likeness (QED) is 0.352. The van der Waals surface area contributed by atoms with Crippen LogP contribution in [-0.4, -0.2) is 69.8 Å². The summed E-state index contributed by atoms with van der Waals surface area (Å²) >= 11 is 0. The molecule has 0 amide bonds. The molecule has 1 heterocycles.